The van der Waals surface area contributed by atoms with Crippen LogP contribution in [0, 0.1) is 6.92 Å². The molecule has 3 nitrogen and oxygen atoms in total. The summed E-state index contributed by atoms with van der Waals surface area (Å²) in [6, 6.07) is 7.32. The van der Waals surface area contributed by atoms with E-state index < -0.39 is 0 Å². The molecular weight excluding hydrogens is 242 g/mol. The number of thiocarbonyl (C=S) groups is 1. The van der Waals surface area contributed by atoms with Crippen molar-refractivity contribution in [3.05, 3.63) is 29.8 Å². The smallest absolute Gasteiger partial charge is 0.372 e. The van der Waals surface area contributed by atoms with Crippen LogP contribution in [0.15, 0.2) is 29.3 Å². The van der Waals surface area contributed by atoms with Crippen LogP contribution in [0.2, 0.25) is 0 Å². The van der Waals surface area contributed by atoms with Crippen LogP contribution in [0.1, 0.15) is 5.56 Å². The van der Waals surface area contributed by atoms with Gasteiger partial charge in [-0.2, -0.15) is 0 Å². The van der Waals surface area contributed by atoms with E-state index in [2.05, 4.69) is 22.4 Å². The number of carbonyl (C=O) groups is 1. The van der Waals surface area contributed by atoms with Gasteiger partial charge in [-0.25, -0.2) is 9.79 Å². The van der Waals surface area contributed by atoms with Gasteiger partial charge in [0.05, 0.1) is 11.7 Å². The first-order valence-corrected chi connectivity index (χ1v) is 6.06. The van der Waals surface area contributed by atoms with Crippen molar-refractivity contribution in [2.75, 3.05) is 12.3 Å². The molecule has 0 aliphatic heterocycles. The molecule has 0 aromatic heterocycles. The summed E-state index contributed by atoms with van der Waals surface area (Å²) >= 11 is 5.48. The van der Waals surface area contributed by atoms with Gasteiger partial charge < -0.3 is 4.74 Å². The minimum absolute atomic E-state index is 0.330. The van der Waals surface area contributed by atoms with Crippen LogP contribution in [0.4, 0.5) is 4.79 Å². The molecule has 0 aliphatic carbocycles. The van der Waals surface area contributed by atoms with Gasteiger partial charge in [0, 0.05) is 5.75 Å². The lowest BCUT2D eigenvalue weighted by atomic mass is 10.2. The molecule has 0 unspecified atom stereocenters. The quantitative estimate of drug-likeness (QED) is 0.357. The van der Waals surface area contributed by atoms with Crippen LogP contribution in [-0.4, -0.2) is 22.8 Å². The molecule has 0 bridgehead atoms. The summed E-state index contributed by atoms with van der Waals surface area (Å²) in [7, 11) is 0. The topological polar surface area (TPSA) is 38.7 Å². The normalized spacial score (nSPS) is 9.31. The predicted octanol–water partition coefficient (Wildman–Crippen LogP) is 3.33. The third-order valence-corrected chi connectivity index (χ3v) is 2.54. The molecule has 1 aromatic carbocycles. The Bertz CT molecular complexity index is 397. The van der Waals surface area contributed by atoms with E-state index in [1.807, 2.05) is 19.1 Å². The molecule has 0 aliphatic rings. The van der Waals surface area contributed by atoms with Gasteiger partial charge in [0.1, 0.15) is 5.75 Å². The Morgan fingerprint density at radius 1 is 1.50 bits per heavy atom. The SMILES string of the molecule is Cc1ccc(OC(=O)SCCN=C=S)cc1. The highest BCUT2D eigenvalue weighted by Crippen LogP contribution is 2.15. The zero-order valence-corrected chi connectivity index (χ0v) is 10.4. The Balaban J connectivity index is 2.34. The van der Waals surface area contributed by atoms with Crippen molar-refractivity contribution >= 4 is 34.4 Å². The molecule has 84 valence electrons. The summed E-state index contributed by atoms with van der Waals surface area (Å²) in [4.78, 5) is 15.0. The number of aryl methyl sites for hydroxylation is 1. The van der Waals surface area contributed by atoms with Gasteiger partial charge in [-0.3, -0.25) is 0 Å². The highest BCUT2D eigenvalue weighted by atomic mass is 32.2. The van der Waals surface area contributed by atoms with E-state index in [9.17, 15) is 4.79 Å². The molecular formula is C11H11NO2S2. The van der Waals surface area contributed by atoms with Gasteiger partial charge in [0.2, 0.25) is 0 Å². The largest absolute Gasteiger partial charge is 0.418 e. The number of nitrogens with zero attached hydrogens (tertiary/aromatic N) is 1. The summed E-state index contributed by atoms with van der Waals surface area (Å²) in [5, 5.41) is 1.91. The number of aliphatic imine (C=N–C) groups is 1. The van der Waals surface area contributed by atoms with Gasteiger partial charge in [-0.15, -0.1) is 0 Å². The Morgan fingerprint density at radius 2 is 2.19 bits per heavy atom. The lowest BCUT2D eigenvalue weighted by Crippen LogP contribution is -2.02. The summed E-state index contributed by atoms with van der Waals surface area (Å²) in [6.45, 7) is 2.46. The van der Waals surface area contributed by atoms with Crippen molar-refractivity contribution in [2.24, 2.45) is 4.99 Å². The number of isothiocyanates is 1. The van der Waals surface area contributed by atoms with E-state index in [-0.39, 0.29) is 5.30 Å². The third kappa shape index (κ3) is 5.07. The average Bonchev–Trinajstić information content (AvgIpc) is 2.28. The van der Waals surface area contributed by atoms with Crippen molar-refractivity contribution in [1.82, 2.24) is 0 Å². The number of carbonyl (C=O) groups excluding carboxylic acids is 1. The molecule has 5 heteroatoms. The second kappa shape index (κ2) is 7.17. The Morgan fingerprint density at radius 3 is 2.81 bits per heavy atom. The van der Waals surface area contributed by atoms with Crippen molar-refractivity contribution in [3.8, 4) is 5.75 Å². The maximum absolute atomic E-state index is 11.3. The number of rotatable bonds is 4. The molecule has 0 atom stereocenters. The first kappa shape index (κ1) is 12.9. The zero-order valence-electron chi connectivity index (χ0n) is 8.80. The minimum Gasteiger partial charge on any atom is -0.418 e. The van der Waals surface area contributed by atoms with Gasteiger partial charge in [0.25, 0.3) is 0 Å². The maximum Gasteiger partial charge on any atom is 0.372 e. The molecule has 0 amide bonds. The molecule has 1 aromatic rings. The van der Waals surface area contributed by atoms with E-state index in [1.54, 1.807) is 12.1 Å². The van der Waals surface area contributed by atoms with Crippen LogP contribution in [0.3, 0.4) is 0 Å². The fourth-order valence-corrected chi connectivity index (χ4v) is 1.55. The molecule has 0 spiro atoms. The van der Waals surface area contributed by atoms with E-state index in [0.29, 0.717) is 18.0 Å². The fourth-order valence-electron chi connectivity index (χ4n) is 0.952. The van der Waals surface area contributed by atoms with E-state index >= 15 is 0 Å². The van der Waals surface area contributed by atoms with Crippen LogP contribution in [0.5, 0.6) is 5.75 Å². The van der Waals surface area contributed by atoms with Gasteiger partial charge in [-0.05, 0) is 43.0 Å². The molecule has 0 heterocycles. The maximum atomic E-state index is 11.3. The molecule has 0 saturated carbocycles. The second-order valence-corrected chi connectivity index (χ2v) is 4.20. The number of benzene rings is 1. The Kier molecular flexibility index (Phi) is 5.78. The predicted molar refractivity (Wildman–Crippen MR) is 69.6 cm³/mol. The summed E-state index contributed by atoms with van der Waals surface area (Å²) < 4.78 is 5.09. The van der Waals surface area contributed by atoms with Crippen molar-refractivity contribution in [1.29, 1.82) is 0 Å². The Labute approximate surface area is 104 Å². The number of hydrogen-bond acceptors (Lipinski definition) is 5. The van der Waals surface area contributed by atoms with E-state index in [0.717, 1.165) is 17.3 Å². The molecule has 16 heavy (non-hydrogen) atoms. The van der Waals surface area contributed by atoms with E-state index in [1.165, 1.54) is 0 Å². The molecule has 1 rings (SSSR count). The fraction of sp³-hybridized carbons (Fsp3) is 0.273. The van der Waals surface area contributed by atoms with Crippen LogP contribution >= 0.6 is 24.0 Å². The van der Waals surface area contributed by atoms with Crippen molar-refractivity contribution in [2.45, 2.75) is 6.92 Å². The van der Waals surface area contributed by atoms with E-state index in [4.69, 9.17) is 4.74 Å². The Hall–Kier alpha value is -1.16. The van der Waals surface area contributed by atoms with Gasteiger partial charge in [0.15, 0.2) is 0 Å². The lowest BCUT2D eigenvalue weighted by molar-refractivity contribution is 0.227. The highest BCUT2D eigenvalue weighted by Gasteiger charge is 2.04. The average molecular weight is 253 g/mol. The number of thioether (sulfide) groups is 1. The molecule has 0 fully saturated rings. The summed E-state index contributed by atoms with van der Waals surface area (Å²) in [5.41, 5.74) is 1.13. The van der Waals surface area contributed by atoms with Crippen molar-refractivity contribution < 1.29 is 9.53 Å². The molecule has 0 radical (unpaired) electrons. The standard InChI is InChI=1S/C11H11NO2S2/c1-9-2-4-10(5-3-9)14-11(13)16-7-6-12-8-15/h2-5H,6-7H2,1H3. The molecule has 0 saturated heterocycles. The van der Waals surface area contributed by atoms with Crippen LogP contribution in [-0.2, 0) is 0 Å². The number of ether oxygens (including phenoxy) is 1. The summed E-state index contributed by atoms with van der Waals surface area (Å²) in [6.07, 6.45) is 0. The second-order valence-electron chi connectivity index (χ2n) is 2.99. The lowest BCUT2D eigenvalue weighted by Gasteiger charge is -2.02. The minimum atomic E-state index is -0.330. The monoisotopic (exact) mass is 253 g/mol. The first-order chi connectivity index (χ1) is 7.72. The van der Waals surface area contributed by atoms with Gasteiger partial charge >= 0.3 is 5.30 Å². The third-order valence-electron chi connectivity index (χ3n) is 1.71. The highest BCUT2D eigenvalue weighted by molar-refractivity contribution is 8.13. The van der Waals surface area contributed by atoms with Gasteiger partial charge in [-0.1, -0.05) is 17.7 Å². The first-order valence-electron chi connectivity index (χ1n) is 4.67. The van der Waals surface area contributed by atoms with Crippen molar-refractivity contribution in [3.63, 3.8) is 0 Å². The zero-order chi connectivity index (χ0) is 11.8. The van der Waals surface area contributed by atoms with Crippen LogP contribution in [0.25, 0.3) is 0 Å². The van der Waals surface area contributed by atoms with Crippen LogP contribution < -0.4 is 4.74 Å². The number of hydrogen-bond donors (Lipinski definition) is 0. The molecule has 0 N–H and O–H groups in total. The summed E-state index contributed by atoms with van der Waals surface area (Å²) in [5.74, 6) is 1.11.